The maximum Gasteiger partial charge on any atom is 0.263 e. The van der Waals surface area contributed by atoms with Gasteiger partial charge in [0.15, 0.2) is 0 Å². The zero-order chi connectivity index (χ0) is 21.8. The summed E-state index contributed by atoms with van der Waals surface area (Å²) in [5.74, 6) is 0.353. The van der Waals surface area contributed by atoms with Crippen LogP contribution in [0.5, 0.6) is 0 Å². The molecule has 1 atom stereocenters. The molecule has 1 N–H and O–H groups in total. The fraction of sp³-hybridized carbons (Fsp3) is 0.478. The number of piperidine rings is 2. The van der Waals surface area contributed by atoms with Gasteiger partial charge >= 0.3 is 0 Å². The standard InChI is InChI=1S/C23H28N4O3S/c1-16-5-2-8-20(24-16)25-21(28)18-6-3-11-27(15-18)22(29)17-9-12-26(13-10-17)23(30)19-7-4-14-31-19/h2,4-5,7-8,14,17-18H,3,6,9-13,15H2,1H3,(H,24,25,28). The maximum absolute atomic E-state index is 13.1. The van der Waals surface area contributed by atoms with Crippen LogP contribution >= 0.6 is 11.3 Å². The Balaban J connectivity index is 1.30. The molecule has 2 aliphatic heterocycles. The van der Waals surface area contributed by atoms with E-state index >= 15 is 0 Å². The Kier molecular flexibility index (Phi) is 6.65. The number of carbonyl (C=O) groups excluding carboxylic acids is 3. The normalized spacial score (nSPS) is 19.8. The quantitative estimate of drug-likeness (QED) is 0.792. The molecule has 0 aromatic carbocycles. The third-order valence-electron chi connectivity index (χ3n) is 6.11. The van der Waals surface area contributed by atoms with Crippen molar-refractivity contribution in [3.05, 3.63) is 46.3 Å². The second-order valence-corrected chi connectivity index (χ2v) is 9.27. The lowest BCUT2D eigenvalue weighted by atomic mass is 9.91. The Labute approximate surface area is 186 Å². The summed E-state index contributed by atoms with van der Waals surface area (Å²) in [6, 6.07) is 9.25. The molecule has 7 nitrogen and oxygen atoms in total. The molecular formula is C23H28N4O3S. The molecule has 0 aliphatic carbocycles. The van der Waals surface area contributed by atoms with Crippen molar-refractivity contribution in [3.8, 4) is 0 Å². The highest BCUT2D eigenvalue weighted by Gasteiger charge is 2.34. The number of thiophene rings is 1. The fourth-order valence-corrected chi connectivity index (χ4v) is 5.07. The first kappa shape index (κ1) is 21.5. The summed E-state index contributed by atoms with van der Waals surface area (Å²) in [7, 11) is 0. The zero-order valence-electron chi connectivity index (χ0n) is 17.8. The molecule has 31 heavy (non-hydrogen) atoms. The Bertz CT molecular complexity index is 938. The van der Waals surface area contributed by atoms with Gasteiger partial charge in [0.1, 0.15) is 5.82 Å². The molecule has 2 aromatic heterocycles. The van der Waals surface area contributed by atoms with Crippen molar-refractivity contribution in [2.45, 2.75) is 32.6 Å². The first-order valence-corrected chi connectivity index (χ1v) is 11.8. The predicted molar refractivity (Wildman–Crippen MR) is 120 cm³/mol. The van der Waals surface area contributed by atoms with Crippen molar-refractivity contribution in [2.75, 3.05) is 31.5 Å². The van der Waals surface area contributed by atoms with E-state index in [4.69, 9.17) is 0 Å². The minimum Gasteiger partial charge on any atom is -0.342 e. The van der Waals surface area contributed by atoms with Crippen LogP contribution in [0.4, 0.5) is 5.82 Å². The number of hydrogen-bond donors (Lipinski definition) is 1. The SMILES string of the molecule is Cc1cccc(NC(=O)C2CCCN(C(=O)C3CCN(C(=O)c4cccs4)CC3)C2)n1. The van der Waals surface area contributed by atoms with Crippen LogP contribution in [0.25, 0.3) is 0 Å². The molecule has 2 fully saturated rings. The third-order valence-corrected chi connectivity index (χ3v) is 6.96. The number of likely N-dealkylation sites (tertiary alicyclic amines) is 2. The van der Waals surface area contributed by atoms with Gasteiger partial charge in [-0.15, -0.1) is 11.3 Å². The highest BCUT2D eigenvalue weighted by molar-refractivity contribution is 7.12. The van der Waals surface area contributed by atoms with Crippen LogP contribution in [0.2, 0.25) is 0 Å². The number of aromatic nitrogens is 1. The molecular weight excluding hydrogens is 412 g/mol. The maximum atomic E-state index is 13.1. The summed E-state index contributed by atoms with van der Waals surface area (Å²) in [5.41, 5.74) is 0.849. The first-order chi connectivity index (χ1) is 15.0. The van der Waals surface area contributed by atoms with Gasteiger partial charge in [-0.3, -0.25) is 14.4 Å². The lowest BCUT2D eigenvalue weighted by Crippen LogP contribution is -2.48. The fourth-order valence-electron chi connectivity index (χ4n) is 4.38. The topological polar surface area (TPSA) is 82.6 Å². The number of pyridine rings is 1. The third kappa shape index (κ3) is 5.12. The van der Waals surface area contributed by atoms with E-state index < -0.39 is 0 Å². The van der Waals surface area contributed by atoms with E-state index in [2.05, 4.69) is 10.3 Å². The van der Waals surface area contributed by atoms with Crippen LogP contribution < -0.4 is 5.32 Å². The number of amides is 3. The molecule has 0 bridgehead atoms. The number of hydrogen-bond acceptors (Lipinski definition) is 5. The molecule has 3 amide bonds. The van der Waals surface area contributed by atoms with E-state index in [-0.39, 0.29) is 29.6 Å². The highest BCUT2D eigenvalue weighted by Crippen LogP contribution is 2.26. The summed E-state index contributed by atoms with van der Waals surface area (Å²) in [6.45, 7) is 4.23. The molecule has 4 rings (SSSR count). The van der Waals surface area contributed by atoms with Crippen LogP contribution in [0.1, 0.15) is 41.0 Å². The summed E-state index contributed by atoms with van der Waals surface area (Å²) >= 11 is 1.45. The summed E-state index contributed by atoms with van der Waals surface area (Å²) in [6.07, 6.45) is 2.95. The van der Waals surface area contributed by atoms with Crippen molar-refractivity contribution < 1.29 is 14.4 Å². The van der Waals surface area contributed by atoms with E-state index in [0.717, 1.165) is 23.4 Å². The smallest absolute Gasteiger partial charge is 0.263 e. The molecule has 1 unspecified atom stereocenters. The zero-order valence-corrected chi connectivity index (χ0v) is 18.6. The van der Waals surface area contributed by atoms with E-state index in [1.54, 1.807) is 6.07 Å². The minimum atomic E-state index is -0.222. The van der Waals surface area contributed by atoms with Gasteiger partial charge in [-0.25, -0.2) is 4.98 Å². The van der Waals surface area contributed by atoms with Gasteiger partial charge in [0, 0.05) is 37.8 Å². The molecule has 2 saturated heterocycles. The lowest BCUT2D eigenvalue weighted by molar-refractivity contribution is -0.139. The Morgan fingerprint density at radius 1 is 1.00 bits per heavy atom. The molecule has 2 aromatic rings. The van der Waals surface area contributed by atoms with Gasteiger partial charge in [0.25, 0.3) is 5.91 Å². The Hall–Kier alpha value is -2.74. The Morgan fingerprint density at radius 2 is 1.81 bits per heavy atom. The van der Waals surface area contributed by atoms with Gasteiger partial charge in [-0.2, -0.15) is 0 Å². The highest BCUT2D eigenvalue weighted by atomic mass is 32.1. The van der Waals surface area contributed by atoms with Gasteiger partial charge < -0.3 is 15.1 Å². The molecule has 0 saturated carbocycles. The second-order valence-electron chi connectivity index (χ2n) is 8.32. The van der Waals surface area contributed by atoms with Crippen LogP contribution in [0.15, 0.2) is 35.7 Å². The average molecular weight is 441 g/mol. The van der Waals surface area contributed by atoms with E-state index in [9.17, 15) is 14.4 Å². The summed E-state index contributed by atoms with van der Waals surface area (Å²) in [4.78, 5) is 47.1. The van der Waals surface area contributed by atoms with E-state index in [0.29, 0.717) is 44.8 Å². The van der Waals surface area contributed by atoms with Crippen molar-refractivity contribution >= 4 is 34.9 Å². The number of aryl methyl sites for hydroxylation is 1. The largest absolute Gasteiger partial charge is 0.342 e. The van der Waals surface area contributed by atoms with Crippen LogP contribution in [-0.4, -0.2) is 58.7 Å². The van der Waals surface area contributed by atoms with Crippen molar-refractivity contribution in [3.63, 3.8) is 0 Å². The number of nitrogens with one attached hydrogen (secondary N) is 1. The van der Waals surface area contributed by atoms with E-state index in [1.165, 1.54) is 11.3 Å². The molecule has 0 spiro atoms. The Morgan fingerprint density at radius 3 is 2.52 bits per heavy atom. The van der Waals surface area contributed by atoms with Gasteiger partial charge in [0.05, 0.1) is 10.8 Å². The number of carbonyl (C=O) groups is 3. The summed E-state index contributed by atoms with van der Waals surface area (Å²) < 4.78 is 0. The van der Waals surface area contributed by atoms with Crippen molar-refractivity contribution in [1.82, 2.24) is 14.8 Å². The second kappa shape index (κ2) is 9.60. The average Bonchev–Trinajstić information content (AvgIpc) is 3.33. The summed E-state index contributed by atoms with van der Waals surface area (Å²) in [5, 5.41) is 4.80. The minimum absolute atomic E-state index is 0.0559. The van der Waals surface area contributed by atoms with Crippen molar-refractivity contribution in [2.24, 2.45) is 11.8 Å². The van der Waals surface area contributed by atoms with Crippen LogP contribution in [-0.2, 0) is 9.59 Å². The number of rotatable bonds is 4. The van der Waals surface area contributed by atoms with Gasteiger partial charge in [-0.1, -0.05) is 12.1 Å². The predicted octanol–water partition coefficient (Wildman–Crippen LogP) is 3.18. The lowest BCUT2D eigenvalue weighted by Gasteiger charge is -2.37. The molecule has 4 heterocycles. The number of nitrogens with zero attached hydrogens (tertiary/aromatic N) is 3. The molecule has 164 valence electrons. The molecule has 8 heteroatoms. The monoisotopic (exact) mass is 440 g/mol. The molecule has 0 radical (unpaired) electrons. The van der Waals surface area contributed by atoms with Crippen LogP contribution in [0, 0.1) is 18.8 Å². The first-order valence-electron chi connectivity index (χ1n) is 10.9. The molecule has 2 aliphatic rings. The van der Waals surface area contributed by atoms with Gasteiger partial charge in [-0.05, 0) is 56.2 Å². The van der Waals surface area contributed by atoms with Crippen LogP contribution in [0.3, 0.4) is 0 Å². The number of anilines is 1. The van der Waals surface area contributed by atoms with Crippen molar-refractivity contribution in [1.29, 1.82) is 0 Å². The van der Waals surface area contributed by atoms with E-state index in [1.807, 2.05) is 46.4 Å². The van der Waals surface area contributed by atoms with Gasteiger partial charge in [0.2, 0.25) is 11.8 Å².